The molecule has 1 amide bonds. The molecule has 0 N–H and O–H groups in total. The summed E-state index contributed by atoms with van der Waals surface area (Å²) in [4.78, 5) is 21.6. The number of hydrogen-bond acceptors (Lipinski definition) is 4. The number of carbonyl (C=O) groups is 1. The van der Waals surface area contributed by atoms with Crippen LogP contribution in [0, 0.1) is 13.8 Å². The van der Waals surface area contributed by atoms with Crippen LogP contribution in [0.1, 0.15) is 42.1 Å². The molecule has 2 atom stereocenters. The summed E-state index contributed by atoms with van der Waals surface area (Å²) in [5, 5.41) is 4.52. The Morgan fingerprint density at radius 2 is 1.96 bits per heavy atom. The molecule has 2 heterocycles. The van der Waals surface area contributed by atoms with Crippen LogP contribution >= 0.6 is 0 Å². The summed E-state index contributed by atoms with van der Waals surface area (Å²) in [5.74, 6) is 1.87. The van der Waals surface area contributed by atoms with Gasteiger partial charge in [0.25, 0.3) is 0 Å². The van der Waals surface area contributed by atoms with Crippen LogP contribution < -0.4 is 0 Å². The Hall–Kier alpha value is -2.21. The normalized spacial score (nSPS) is 19.2. The molecule has 1 saturated heterocycles. The number of piperidine rings is 1. The minimum Gasteiger partial charge on any atom is -0.339 e. The topological polar surface area (TPSA) is 54.3 Å². The van der Waals surface area contributed by atoms with Gasteiger partial charge in [0.1, 0.15) is 17.7 Å². The van der Waals surface area contributed by atoms with Gasteiger partial charge in [-0.2, -0.15) is 5.10 Å². The first kappa shape index (κ1) is 17.6. The first-order valence-electron chi connectivity index (χ1n) is 8.87. The van der Waals surface area contributed by atoms with Crippen molar-refractivity contribution in [3.8, 4) is 0 Å². The summed E-state index contributed by atoms with van der Waals surface area (Å²) in [5.41, 5.74) is 1.03. The first-order chi connectivity index (χ1) is 12.0. The zero-order valence-corrected chi connectivity index (χ0v) is 15.5. The van der Waals surface area contributed by atoms with E-state index in [9.17, 15) is 4.79 Å². The van der Waals surface area contributed by atoms with Gasteiger partial charge in [0.15, 0.2) is 0 Å². The Morgan fingerprint density at radius 3 is 2.56 bits per heavy atom. The number of rotatable bonds is 4. The zero-order valence-electron chi connectivity index (χ0n) is 15.5. The lowest BCUT2D eigenvalue weighted by atomic mass is 10.0. The van der Waals surface area contributed by atoms with Gasteiger partial charge in [-0.3, -0.25) is 9.69 Å². The Morgan fingerprint density at radius 1 is 1.24 bits per heavy atom. The van der Waals surface area contributed by atoms with Gasteiger partial charge in [-0.1, -0.05) is 30.3 Å². The maximum atomic E-state index is 13.2. The van der Waals surface area contributed by atoms with Crippen LogP contribution in [0.4, 0.5) is 0 Å². The summed E-state index contributed by atoms with van der Waals surface area (Å²) in [7, 11) is 3.92. The summed E-state index contributed by atoms with van der Waals surface area (Å²) in [6, 6.07) is 9.95. The van der Waals surface area contributed by atoms with Crippen molar-refractivity contribution in [3.63, 3.8) is 0 Å². The SMILES string of the molecule is Cc1nc(C)n([C@H]2CCCN(C(=O)[C@H](c3ccccc3)N(C)C)C2)n1. The molecule has 0 saturated carbocycles. The van der Waals surface area contributed by atoms with Crippen LogP contribution in [-0.2, 0) is 4.79 Å². The van der Waals surface area contributed by atoms with Gasteiger partial charge >= 0.3 is 0 Å². The molecule has 2 aromatic rings. The fraction of sp³-hybridized carbons (Fsp3) is 0.526. The van der Waals surface area contributed by atoms with E-state index >= 15 is 0 Å². The summed E-state index contributed by atoms with van der Waals surface area (Å²) < 4.78 is 1.99. The minimum atomic E-state index is -0.251. The lowest BCUT2D eigenvalue weighted by Crippen LogP contribution is -2.46. The van der Waals surface area contributed by atoms with Gasteiger partial charge in [-0.05, 0) is 46.3 Å². The first-order valence-corrected chi connectivity index (χ1v) is 8.87. The van der Waals surface area contributed by atoms with Gasteiger partial charge in [-0.15, -0.1) is 0 Å². The van der Waals surface area contributed by atoms with E-state index in [-0.39, 0.29) is 18.0 Å². The second kappa shape index (κ2) is 7.35. The highest BCUT2D eigenvalue weighted by atomic mass is 16.2. The number of hydrogen-bond donors (Lipinski definition) is 0. The number of likely N-dealkylation sites (tertiary alicyclic amines) is 1. The van der Waals surface area contributed by atoms with E-state index in [2.05, 4.69) is 10.1 Å². The molecular formula is C19H27N5O. The molecule has 1 aromatic carbocycles. The molecule has 1 aliphatic heterocycles. The fourth-order valence-corrected chi connectivity index (χ4v) is 3.71. The molecule has 3 rings (SSSR count). The Balaban J connectivity index is 1.80. The number of nitrogens with zero attached hydrogens (tertiary/aromatic N) is 5. The Kier molecular flexibility index (Phi) is 5.18. The van der Waals surface area contributed by atoms with E-state index < -0.39 is 0 Å². The van der Waals surface area contributed by atoms with Crippen molar-refractivity contribution >= 4 is 5.91 Å². The molecular weight excluding hydrogens is 314 g/mol. The number of likely N-dealkylation sites (N-methyl/N-ethyl adjacent to an activating group) is 1. The lowest BCUT2D eigenvalue weighted by Gasteiger charge is -2.36. The van der Waals surface area contributed by atoms with E-state index in [0.29, 0.717) is 6.54 Å². The van der Waals surface area contributed by atoms with Crippen molar-refractivity contribution < 1.29 is 4.79 Å². The molecule has 134 valence electrons. The average Bonchev–Trinajstić information content (AvgIpc) is 2.94. The molecule has 1 aliphatic rings. The monoisotopic (exact) mass is 341 g/mol. The van der Waals surface area contributed by atoms with Crippen molar-refractivity contribution in [1.82, 2.24) is 24.6 Å². The molecule has 0 unspecified atom stereocenters. The van der Waals surface area contributed by atoms with Gasteiger partial charge in [0.05, 0.1) is 6.04 Å². The number of aryl methyl sites for hydroxylation is 2. The van der Waals surface area contributed by atoms with Crippen LogP contribution in [0.5, 0.6) is 0 Å². The summed E-state index contributed by atoms with van der Waals surface area (Å²) >= 11 is 0. The molecule has 0 radical (unpaired) electrons. The van der Waals surface area contributed by atoms with E-state index in [1.165, 1.54) is 0 Å². The van der Waals surface area contributed by atoms with E-state index in [0.717, 1.165) is 36.6 Å². The summed E-state index contributed by atoms with van der Waals surface area (Å²) in [6.07, 6.45) is 2.02. The van der Waals surface area contributed by atoms with Crippen molar-refractivity contribution in [2.75, 3.05) is 27.2 Å². The molecule has 0 spiro atoms. The predicted octanol–water partition coefficient (Wildman–Crippen LogP) is 2.36. The number of amides is 1. The van der Waals surface area contributed by atoms with Crippen LogP contribution in [0.25, 0.3) is 0 Å². The van der Waals surface area contributed by atoms with Crippen molar-refractivity contribution in [2.45, 2.75) is 38.8 Å². The molecule has 6 heteroatoms. The maximum Gasteiger partial charge on any atom is 0.244 e. The predicted molar refractivity (Wildman–Crippen MR) is 97.2 cm³/mol. The van der Waals surface area contributed by atoms with Crippen LogP contribution in [0.15, 0.2) is 30.3 Å². The third-order valence-electron chi connectivity index (χ3n) is 4.83. The summed E-state index contributed by atoms with van der Waals surface area (Å²) in [6.45, 7) is 5.39. The van der Waals surface area contributed by atoms with Gasteiger partial charge in [-0.25, -0.2) is 9.67 Å². The molecule has 1 fully saturated rings. The van der Waals surface area contributed by atoms with E-state index in [1.54, 1.807) is 0 Å². The van der Waals surface area contributed by atoms with Crippen molar-refractivity contribution in [1.29, 1.82) is 0 Å². The Bertz CT molecular complexity index is 725. The smallest absolute Gasteiger partial charge is 0.244 e. The molecule has 0 bridgehead atoms. The standard InChI is InChI=1S/C19H27N5O/c1-14-20-15(2)24(21-14)17-11-8-12-23(13-17)19(25)18(22(3)4)16-9-6-5-7-10-16/h5-7,9-10,17-18H,8,11-13H2,1-4H3/t17-,18-/m0/s1. The lowest BCUT2D eigenvalue weighted by molar-refractivity contribution is -0.138. The second-order valence-corrected chi connectivity index (χ2v) is 7.01. The van der Waals surface area contributed by atoms with Gasteiger partial charge in [0.2, 0.25) is 5.91 Å². The van der Waals surface area contributed by atoms with Crippen molar-refractivity contribution in [2.24, 2.45) is 0 Å². The third kappa shape index (κ3) is 3.74. The quantitative estimate of drug-likeness (QED) is 0.857. The van der Waals surface area contributed by atoms with E-state index in [4.69, 9.17) is 0 Å². The largest absolute Gasteiger partial charge is 0.339 e. The molecule has 6 nitrogen and oxygen atoms in total. The third-order valence-corrected chi connectivity index (χ3v) is 4.83. The van der Waals surface area contributed by atoms with E-state index in [1.807, 2.05) is 72.8 Å². The zero-order chi connectivity index (χ0) is 18.0. The molecule has 1 aromatic heterocycles. The molecule has 25 heavy (non-hydrogen) atoms. The fourth-order valence-electron chi connectivity index (χ4n) is 3.71. The van der Waals surface area contributed by atoms with Crippen LogP contribution in [-0.4, -0.2) is 57.7 Å². The maximum absolute atomic E-state index is 13.2. The minimum absolute atomic E-state index is 0.162. The van der Waals surface area contributed by atoms with Gasteiger partial charge in [0, 0.05) is 13.1 Å². The molecule has 0 aliphatic carbocycles. The van der Waals surface area contributed by atoms with Crippen LogP contribution in [0.3, 0.4) is 0 Å². The Labute approximate surface area is 149 Å². The number of benzene rings is 1. The van der Waals surface area contributed by atoms with Gasteiger partial charge < -0.3 is 4.90 Å². The highest BCUT2D eigenvalue weighted by molar-refractivity contribution is 5.83. The van der Waals surface area contributed by atoms with Crippen molar-refractivity contribution in [3.05, 3.63) is 47.5 Å². The number of carbonyl (C=O) groups excluding carboxylic acids is 1. The number of aromatic nitrogens is 3. The average molecular weight is 341 g/mol. The highest BCUT2D eigenvalue weighted by Crippen LogP contribution is 2.27. The van der Waals surface area contributed by atoms with Crippen LogP contribution in [0.2, 0.25) is 0 Å². The second-order valence-electron chi connectivity index (χ2n) is 7.01. The highest BCUT2D eigenvalue weighted by Gasteiger charge is 2.32.